The molecule has 144 valence electrons. The van der Waals surface area contributed by atoms with Gasteiger partial charge in [-0.2, -0.15) is 0 Å². The van der Waals surface area contributed by atoms with Crippen LogP contribution in [0.15, 0.2) is 54.6 Å². The van der Waals surface area contributed by atoms with Gasteiger partial charge in [0, 0.05) is 12.6 Å². The van der Waals surface area contributed by atoms with Gasteiger partial charge in [-0.1, -0.05) is 42.5 Å². The van der Waals surface area contributed by atoms with E-state index in [-0.39, 0.29) is 11.9 Å². The molecular weight excluding hydrogens is 336 g/mol. The van der Waals surface area contributed by atoms with Gasteiger partial charge in [-0.15, -0.1) is 0 Å². The molecule has 2 aromatic rings. The second kappa shape index (κ2) is 10.1. The van der Waals surface area contributed by atoms with Gasteiger partial charge in [-0.25, -0.2) is 0 Å². The van der Waals surface area contributed by atoms with Crippen molar-refractivity contribution in [3.05, 3.63) is 65.7 Å². The van der Waals surface area contributed by atoms with Crippen LogP contribution in [0.2, 0.25) is 0 Å². The Bertz CT molecular complexity index is 700. The molecule has 1 N–H and O–H groups in total. The predicted molar refractivity (Wildman–Crippen MR) is 109 cm³/mol. The minimum atomic E-state index is 0.108. The van der Waals surface area contributed by atoms with Crippen molar-refractivity contribution in [2.24, 2.45) is 0 Å². The topological polar surface area (TPSA) is 41.6 Å². The largest absolute Gasteiger partial charge is 0.497 e. The fourth-order valence-corrected chi connectivity index (χ4v) is 3.74. The third-order valence-electron chi connectivity index (χ3n) is 5.18. The summed E-state index contributed by atoms with van der Waals surface area (Å²) in [6, 6.07) is 18.6. The summed E-state index contributed by atoms with van der Waals surface area (Å²) >= 11 is 0. The number of hydrogen-bond donors (Lipinski definition) is 1. The summed E-state index contributed by atoms with van der Waals surface area (Å²) in [5, 5.41) is 3.22. The molecule has 3 rings (SSSR count). The zero-order chi connectivity index (χ0) is 18.9. The molecule has 1 atom stereocenters. The lowest BCUT2D eigenvalue weighted by Crippen LogP contribution is -2.48. The second-order valence-corrected chi connectivity index (χ2v) is 7.32. The highest BCUT2D eigenvalue weighted by molar-refractivity contribution is 5.78. The fourth-order valence-electron chi connectivity index (χ4n) is 3.74. The van der Waals surface area contributed by atoms with Gasteiger partial charge in [0.05, 0.1) is 13.5 Å². The molecule has 0 radical (unpaired) electrons. The van der Waals surface area contributed by atoms with E-state index in [9.17, 15) is 4.79 Å². The van der Waals surface area contributed by atoms with E-state index < -0.39 is 0 Å². The summed E-state index contributed by atoms with van der Waals surface area (Å²) < 4.78 is 5.16. The van der Waals surface area contributed by atoms with E-state index in [4.69, 9.17) is 4.74 Å². The van der Waals surface area contributed by atoms with E-state index in [0.717, 1.165) is 56.6 Å². The lowest BCUT2D eigenvalue weighted by molar-refractivity contribution is -0.121. The van der Waals surface area contributed by atoms with Crippen molar-refractivity contribution >= 4 is 5.91 Å². The van der Waals surface area contributed by atoms with Gasteiger partial charge in [-0.3, -0.25) is 4.79 Å². The number of benzene rings is 2. The molecule has 1 aliphatic heterocycles. The van der Waals surface area contributed by atoms with Crippen LogP contribution < -0.4 is 10.1 Å². The fraction of sp³-hybridized carbons (Fsp3) is 0.435. The number of nitrogens with zero attached hydrogens (tertiary/aromatic N) is 1. The molecule has 0 spiro atoms. The lowest BCUT2D eigenvalue weighted by Gasteiger charge is -2.33. The number of likely N-dealkylation sites (tertiary alicyclic amines) is 1. The first kappa shape index (κ1) is 19.4. The Balaban J connectivity index is 1.40. The number of rotatable bonds is 8. The van der Waals surface area contributed by atoms with E-state index in [1.807, 2.05) is 24.3 Å². The number of amides is 1. The monoisotopic (exact) mass is 366 g/mol. The molecule has 2 aromatic carbocycles. The van der Waals surface area contributed by atoms with Crippen molar-refractivity contribution < 1.29 is 9.53 Å². The summed E-state index contributed by atoms with van der Waals surface area (Å²) in [5.74, 6) is 0.925. The number of methoxy groups -OCH3 is 1. The molecule has 0 aliphatic carbocycles. The van der Waals surface area contributed by atoms with Crippen LogP contribution in [0.4, 0.5) is 0 Å². The second-order valence-electron chi connectivity index (χ2n) is 7.32. The van der Waals surface area contributed by atoms with Crippen molar-refractivity contribution in [3.8, 4) is 5.75 Å². The number of carbonyl (C=O) groups excluding carboxylic acids is 1. The quantitative estimate of drug-likeness (QED) is 0.778. The first-order chi connectivity index (χ1) is 13.2. The van der Waals surface area contributed by atoms with E-state index in [0.29, 0.717) is 6.42 Å². The molecule has 1 heterocycles. The van der Waals surface area contributed by atoms with Crippen molar-refractivity contribution in [1.29, 1.82) is 0 Å². The maximum absolute atomic E-state index is 12.4. The Kier molecular flexibility index (Phi) is 7.28. The number of hydrogen-bond acceptors (Lipinski definition) is 3. The predicted octanol–water partition coefficient (Wildman–Crippen LogP) is 3.45. The summed E-state index contributed by atoms with van der Waals surface area (Å²) in [6.45, 7) is 3.20. The zero-order valence-electron chi connectivity index (χ0n) is 16.2. The number of piperidine rings is 1. The minimum Gasteiger partial charge on any atom is -0.497 e. The Morgan fingerprint density at radius 3 is 2.63 bits per heavy atom. The molecule has 0 aromatic heterocycles. The molecule has 4 nitrogen and oxygen atoms in total. The van der Waals surface area contributed by atoms with Crippen LogP contribution in [0.3, 0.4) is 0 Å². The SMILES string of the molecule is COc1ccc(CC(=O)NC2CCCN(CCCc3ccccc3)C2)cc1. The number of carbonyl (C=O) groups is 1. The molecule has 0 bridgehead atoms. The molecule has 1 aliphatic rings. The van der Waals surface area contributed by atoms with Gasteiger partial charge < -0.3 is 15.0 Å². The summed E-state index contributed by atoms with van der Waals surface area (Å²) in [6.07, 6.45) is 4.93. The number of aryl methyl sites for hydroxylation is 1. The Morgan fingerprint density at radius 2 is 1.89 bits per heavy atom. The van der Waals surface area contributed by atoms with E-state index in [1.165, 1.54) is 5.56 Å². The Hall–Kier alpha value is -2.33. The minimum absolute atomic E-state index is 0.108. The van der Waals surface area contributed by atoms with Crippen molar-refractivity contribution in [3.63, 3.8) is 0 Å². The maximum atomic E-state index is 12.4. The normalized spacial score (nSPS) is 17.4. The molecule has 1 amide bonds. The summed E-state index contributed by atoms with van der Waals surface area (Å²) in [7, 11) is 1.65. The van der Waals surface area contributed by atoms with Gasteiger partial charge in [0.1, 0.15) is 5.75 Å². The van der Waals surface area contributed by atoms with E-state index in [2.05, 4.69) is 40.5 Å². The average Bonchev–Trinajstić information content (AvgIpc) is 2.70. The highest BCUT2D eigenvalue weighted by atomic mass is 16.5. The Labute approximate surface area is 162 Å². The van der Waals surface area contributed by atoms with Crippen LogP contribution in [0.1, 0.15) is 30.4 Å². The maximum Gasteiger partial charge on any atom is 0.224 e. The standard InChI is InChI=1S/C23H30N2O2/c1-27-22-13-11-20(12-14-22)17-23(26)24-21-10-6-16-25(18-21)15-5-9-19-7-3-2-4-8-19/h2-4,7-8,11-14,21H,5-6,9-10,15-18H2,1H3,(H,24,26). The first-order valence-electron chi connectivity index (χ1n) is 9.91. The van der Waals surface area contributed by atoms with Crippen LogP contribution >= 0.6 is 0 Å². The lowest BCUT2D eigenvalue weighted by atomic mass is 10.0. The molecular formula is C23H30N2O2. The van der Waals surface area contributed by atoms with Gasteiger partial charge in [0.25, 0.3) is 0 Å². The van der Waals surface area contributed by atoms with Gasteiger partial charge in [0.15, 0.2) is 0 Å². The van der Waals surface area contributed by atoms with Crippen LogP contribution in [0.5, 0.6) is 5.75 Å². The van der Waals surface area contributed by atoms with Gasteiger partial charge in [-0.05, 0) is 62.0 Å². The van der Waals surface area contributed by atoms with Crippen molar-refractivity contribution in [2.75, 3.05) is 26.7 Å². The van der Waals surface area contributed by atoms with E-state index >= 15 is 0 Å². The molecule has 1 unspecified atom stereocenters. The van der Waals surface area contributed by atoms with Crippen LogP contribution in [-0.4, -0.2) is 43.6 Å². The summed E-state index contributed by atoms with van der Waals surface area (Å²) in [4.78, 5) is 14.9. The Morgan fingerprint density at radius 1 is 1.11 bits per heavy atom. The zero-order valence-corrected chi connectivity index (χ0v) is 16.2. The molecule has 27 heavy (non-hydrogen) atoms. The average molecular weight is 367 g/mol. The molecule has 4 heteroatoms. The number of nitrogens with one attached hydrogen (secondary N) is 1. The third kappa shape index (κ3) is 6.40. The summed E-state index contributed by atoms with van der Waals surface area (Å²) in [5.41, 5.74) is 2.42. The van der Waals surface area contributed by atoms with Crippen LogP contribution in [0.25, 0.3) is 0 Å². The van der Waals surface area contributed by atoms with Crippen LogP contribution in [-0.2, 0) is 17.6 Å². The van der Waals surface area contributed by atoms with E-state index in [1.54, 1.807) is 7.11 Å². The molecule has 0 saturated carbocycles. The van der Waals surface area contributed by atoms with Crippen molar-refractivity contribution in [2.45, 2.75) is 38.1 Å². The number of ether oxygens (including phenoxy) is 1. The smallest absolute Gasteiger partial charge is 0.224 e. The molecule has 1 fully saturated rings. The molecule has 1 saturated heterocycles. The highest BCUT2D eigenvalue weighted by Gasteiger charge is 2.21. The van der Waals surface area contributed by atoms with Crippen molar-refractivity contribution in [1.82, 2.24) is 10.2 Å². The highest BCUT2D eigenvalue weighted by Crippen LogP contribution is 2.14. The van der Waals surface area contributed by atoms with Crippen LogP contribution in [0, 0.1) is 0 Å². The third-order valence-corrected chi connectivity index (χ3v) is 5.18. The first-order valence-corrected chi connectivity index (χ1v) is 9.91. The van der Waals surface area contributed by atoms with Gasteiger partial charge in [0.2, 0.25) is 5.91 Å². The van der Waals surface area contributed by atoms with Gasteiger partial charge >= 0.3 is 0 Å².